The lowest BCUT2D eigenvalue weighted by atomic mass is 10.0. The van der Waals surface area contributed by atoms with E-state index in [2.05, 4.69) is 17.1 Å². The molecule has 2 aromatic heterocycles. The van der Waals surface area contributed by atoms with E-state index in [-0.39, 0.29) is 19.0 Å². The lowest BCUT2D eigenvalue weighted by molar-refractivity contribution is -0.144. The Hall–Kier alpha value is -2.66. The van der Waals surface area contributed by atoms with Crippen molar-refractivity contribution in [1.29, 1.82) is 0 Å². The molecule has 5 heteroatoms. The van der Waals surface area contributed by atoms with Crippen LogP contribution in [-0.2, 0) is 35.4 Å². The standard InChI is InChI=1S/C22H19NO3S/c24-22(25-13-21-23-18-7-3-4-8-20(18)27-21)12-15-11-17-16-6-2-1-5-14(16)9-10-19(17)26-15/h1-2,5-6,9-11H,3-4,7-8,12-13H2. The Morgan fingerprint density at radius 3 is 2.93 bits per heavy atom. The Morgan fingerprint density at radius 2 is 2.00 bits per heavy atom. The number of nitrogens with zero attached hydrogens (tertiary/aromatic N) is 1. The van der Waals surface area contributed by atoms with E-state index in [1.807, 2.05) is 30.3 Å². The summed E-state index contributed by atoms with van der Waals surface area (Å²) in [6, 6.07) is 14.1. The Bertz CT molecular complexity index is 1120. The fraction of sp³-hybridized carbons (Fsp3) is 0.273. The van der Waals surface area contributed by atoms with E-state index < -0.39 is 0 Å². The second-order valence-corrected chi connectivity index (χ2v) is 8.10. The molecule has 5 rings (SSSR count). The number of aryl methyl sites for hydroxylation is 2. The van der Waals surface area contributed by atoms with Gasteiger partial charge in [0.2, 0.25) is 0 Å². The van der Waals surface area contributed by atoms with Gasteiger partial charge >= 0.3 is 5.97 Å². The van der Waals surface area contributed by atoms with Crippen LogP contribution in [0.5, 0.6) is 0 Å². The molecule has 0 saturated carbocycles. The van der Waals surface area contributed by atoms with Gasteiger partial charge in [0, 0.05) is 10.3 Å². The fourth-order valence-corrected chi connectivity index (χ4v) is 4.81. The van der Waals surface area contributed by atoms with Crippen molar-refractivity contribution in [1.82, 2.24) is 4.98 Å². The van der Waals surface area contributed by atoms with Gasteiger partial charge in [-0.1, -0.05) is 30.3 Å². The molecule has 1 aliphatic carbocycles. The molecule has 0 atom stereocenters. The highest BCUT2D eigenvalue weighted by Crippen LogP contribution is 2.29. The average Bonchev–Trinajstić information content (AvgIpc) is 3.29. The summed E-state index contributed by atoms with van der Waals surface area (Å²) < 4.78 is 11.3. The molecular formula is C22H19NO3S. The topological polar surface area (TPSA) is 52.3 Å². The summed E-state index contributed by atoms with van der Waals surface area (Å²) in [6.07, 6.45) is 4.72. The molecule has 4 nitrogen and oxygen atoms in total. The Labute approximate surface area is 160 Å². The first-order valence-corrected chi connectivity index (χ1v) is 10.1. The summed E-state index contributed by atoms with van der Waals surface area (Å²) in [5.41, 5.74) is 1.99. The molecule has 1 aliphatic rings. The van der Waals surface area contributed by atoms with Crippen LogP contribution in [0.1, 0.15) is 34.2 Å². The molecule has 27 heavy (non-hydrogen) atoms. The molecule has 0 saturated heterocycles. The highest BCUT2D eigenvalue weighted by atomic mass is 32.1. The third-order valence-corrected chi connectivity index (χ3v) is 6.17. The summed E-state index contributed by atoms with van der Waals surface area (Å²) in [5, 5.41) is 4.22. The lowest BCUT2D eigenvalue weighted by Gasteiger charge is -2.06. The van der Waals surface area contributed by atoms with E-state index in [1.165, 1.54) is 23.4 Å². The first kappa shape index (κ1) is 16.5. The van der Waals surface area contributed by atoms with Crippen LogP contribution in [-0.4, -0.2) is 11.0 Å². The van der Waals surface area contributed by atoms with Gasteiger partial charge in [0.15, 0.2) is 0 Å². The molecular weight excluding hydrogens is 358 g/mol. The first-order chi connectivity index (χ1) is 13.3. The monoisotopic (exact) mass is 377 g/mol. The van der Waals surface area contributed by atoms with E-state index in [0.29, 0.717) is 5.76 Å². The SMILES string of the molecule is O=C(Cc1cc2c(ccc3ccccc32)o1)OCc1nc2c(s1)CCCC2. The smallest absolute Gasteiger partial charge is 0.313 e. The molecule has 136 valence electrons. The molecule has 0 bridgehead atoms. The van der Waals surface area contributed by atoms with Crippen molar-refractivity contribution in [3.05, 3.63) is 63.8 Å². The van der Waals surface area contributed by atoms with Gasteiger partial charge in [-0.05, 0) is 48.6 Å². The van der Waals surface area contributed by atoms with Gasteiger partial charge < -0.3 is 9.15 Å². The number of esters is 1. The summed E-state index contributed by atoms with van der Waals surface area (Å²) in [7, 11) is 0. The van der Waals surface area contributed by atoms with Gasteiger partial charge in [0.1, 0.15) is 29.4 Å². The molecule has 0 fully saturated rings. The largest absolute Gasteiger partial charge is 0.460 e. The van der Waals surface area contributed by atoms with Gasteiger partial charge in [-0.2, -0.15) is 0 Å². The van der Waals surface area contributed by atoms with Crippen LogP contribution >= 0.6 is 11.3 Å². The molecule has 0 spiro atoms. The number of aromatic nitrogens is 1. The zero-order valence-electron chi connectivity index (χ0n) is 14.9. The maximum absolute atomic E-state index is 12.3. The predicted octanol–water partition coefficient (Wildman–Crippen LogP) is 5.21. The number of benzene rings is 2. The molecule has 0 radical (unpaired) electrons. The van der Waals surface area contributed by atoms with Gasteiger partial charge in [-0.25, -0.2) is 4.98 Å². The van der Waals surface area contributed by atoms with Gasteiger partial charge in [0.05, 0.1) is 5.69 Å². The van der Waals surface area contributed by atoms with Crippen LogP contribution in [0.2, 0.25) is 0 Å². The zero-order chi connectivity index (χ0) is 18.2. The third kappa shape index (κ3) is 3.23. The van der Waals surface area contributed by atoms with Crippen molar-refractivity contribution in [3.8, 4) is 0 Å². The number of rotatable bonds is 4. The average molecular weight is 377 g/mol. The van der Waals surface area contributed by atoms with Crippen molar-refractivity contribution < 1.29 is 13.9 Å². The number of fused-ring (bicyclic) bond motifs is 4. The van der Waals surface area contributed by atoms with Crippen LogP contribution in [0.15, 0.2) is 46.9 Å². The molecule has 0 aliphatic heterocycles. The summed E-state index contributed by atoms with van der Waals surface area (Å²) in [5.74, 6) is 0.344. The minimum Gasteiger partial charge on any atom is -0.460 e. The molecule has 2 aromatic carbocycles. The summed E-state index contributed by atoms with van der Waals surface area (Å²) >= 11 is 1.68. The van der Waals surface area contributed by atoms with E-state index >= 15 is 0 Å². The lowest BCUT2D eigenvalue weighted by Crippen LogP contribution is -2.07. The number of thiazole rings is 1. The number of carbonyl (C=O) groups excluding carboxylic acids is 1. The van der Waals surface area contributed by atoms with Crippen LogP contribution in [0.4, 0.5) is 0 Å². The predicted molar refractivity (Wildman–Crippen MR) is 106 cm³/mol. The van der Waals surface area contributed by atoms with Crippen molar-refractivity contribution in [3.63, 3.8) is 0 Å². The highest BCUT2D eigenvalue weighted by molar-refractivity contribution is 7.11. The minimum atomic E-state index is -0.286. The van der Waals surface area contributed by atoms with Crippen molar-refractivity contribution in [2.24, 2.45) is 0 Å². The maximum Gasteiger partial charge on any atom is 0.313 e. The zero-order valence-corrected chi connectivity index (χ0v) is 15.7. The second-order valence-electron chi connectivity index (χ2n) is 6.93. The quantitative estimate of drug-likeness (QED) is 0.458. The van der Waals surface area contributed by atoms with Crippen LogP contribution < -0.4 is 0 Å². The number of hydrogen-bond acceptors (Lipinski definition) is 5. The third-order valence-electron chi connectivity index (χ3n) is 5.04. The van der Waals surface area contributed by atoms with Gasteiger partial charge in [-0.3, -0.25) is 4.79 Å². The first-order valence-electron chi connectivity index (χ1n) is 9.29. The Balaban J connectivity index is 1.29. The molecule has 2 heterocycles. The van der Waals surface area contributed by atoms with Gasteiger partial charge in [0.25, 0.3) is 0 Å². The molecule has 0 amide bonds. The minimum absolute atomic E-state index is 0.133. The number of hydrogen-bond donors (Lipinski definition) is 0. The highest BCUT2D eigenvalue weighted by Gasteiger charge is 2.17. The van der Waals surface area contributed by atoms with Crippen molar-refractivity contribution in [2.45, 2.75) is 38.7 Å². The van der Waals surface area contributed by atoms with E-state index in [4.69, 9.17) is 9.15 Å². The molecule has 4 aromatic rings. The van der Waals surface area contributed by atoms with Crippen molar-refractivity contribution in [2.75, 3.05) is 0 Å². The summed E-state index contributed by atoms with van der Waals surface area (Å²) in [4.78, 5) is 18.2. The summed E-state index contributed by atoms with van der Waals surface area (Å²) in [6.45, 7) is 0.250. The Morgan fingerprint density at radius 1 is 1.11 bits per heavy atom. The van der Waals surface area contributed by atoms with E-state index in [1.54, 1.807) is 11.3 Å². The number of ether oxygens (including phenoxy) is 1. The number of carbonyl (C=O) groups is 1. The van der Waals surface area contributed by atoms with E-state index in [9.17, 15) is 4.79 Å². The van der Waals surface area contributed by atoms with Crippen LogP contribution in [0.3, 0.4) is 0 Å². The maximum atomic E-state index is 12.3. The van der Waals surface area contributed by atoms with Gasteiger partial charge in [-0.15, -0.1) is 11.3 Å². The number of furan rings is 1. The second kappa shape index (κ2) is 6.82. The van der Waals surface area contributed by atoms with Crippen LogP contribution in [0.25, 0.3) is 21.7 Å². The fourth-order valence-electron chi connectivity index (χ4n) is 3.74. The Kier molecular flexibility index (Phi) is 4.17. The molecule has 0 N–H and O–H groups in total. The normalized spacial score (nSPS) is 13.8. The molecule has 0 unspecified atom stereocenters. The van der Waals surface area contributed by atoms with Crippen LogP contribution in [0, 0.1) is 0 Å². The van der Waals surface area contributed by atoms with Crippen molar-refractivity contribution >= 4 is 39.0 Å². The van der Waals surface area contributed by atoms with E-state index in [0.717, 1.165) is 39.6 Å².